The van der Waals surface area contributed by atoms with Crippen LogP contribution in [0.3, 0.4) is 0 Å². The first kappa shape index (κ1) is 13.8. The van der Waals surface area contributed by atoms with Crippen LogP contribution in [-0.4, -0.2) is 11.2 Å². The Bertz CT molecular complexity index is 401. The van der Waals surface area contributed by atoms with E-state index in [4.69, 9.17) is 12.2 Å². The monoisotopic (exact) mass is 326 g/mol. The molecule has 1 fully saturated rings. The molecule has 4 heteroatoms. The van der Waals surface area contributed by atoms with Crippen LogP contribution in [0.1, 0.15) is 38.5 Å². The van der Waals surface area contributed by atoms with Crippen LogP contribution in [0, 0.1) is 0 Å². The van der Waals surface area contributed by atoms with Crippen LogP contribution in [0.15, 0.2) is 28.7 Å². The Hall–Kier alpha value is -0.610. The molecule has 0 bridgehead atoms. The molecule has 0 aliphatic heterocycles. The number of hydrogen-bond acceptors (Lipinski definition) is 1. The molecule has 2 nitrogen and oxygen atoms in total. The summed E-state index contributed by atoms with van der Waals surface area (Å²) in [5.74, 6) is 0. The van der Waals surface area contributed by atoms with Crippen LogP contribution in [-0.2, 0) is 0 Å². The number of hydrogen-bond donors (Lipinski definition) is 2. The Morgan fingerprint density at radius 1 is 1.17 bits per heavy atom. The molecule has 0 unspecified atom stereocenters. The quantitative estimate of drug-likeness (QED) is 0.619. The summed E-state index contributed by atoms with van der Waals surface area (Å²) in [7, 11) is 0. The minimum atomic E-state index is 0.541. The number of thiocarbonyl (C=S) groups is 1. The molecule has 1 saturated carbocycles. The fourth-order valence-electron chi connectivity index (χ4n) is 2.34. The van der Waals surface area contributed by atoms with Crippen LogP contribution >= 0.6 is 28.1 Å². The van der Waals surface area contributed by atoms with Gasteiger partial charge in [0.1, 0.15) is 0 Å². The predicted octanol–water partition coefficient (Wildman–Crippen LogP) is 4.46. The second-order valence-electron chi connectivity index (χ2n) is 4.80. The largest absolute Gasteiger partial charge is 0.360 e. The van der Waals surface area contributed by atoms with E-state index in [-0.39, 0.29) is 0 Å². The van der Waals surface area contributed by atoms with E-state index in [0.717, 1.165) is 15.3 Å². The lowest BCUT2D eigenvalue weighted by Gasteiger charge is -2.19. The van der Waals surface area contributed by atoms with E-state index in [1.54, 1.807) is 0 Å². The van der Waals surface area contributed by atoms with Gasteiger partial charge in [-0.2, -0.15) is 0 Å². The standard InChI is InChI=1S/C14H19BrN2S/c15-11-6-5-9-13(10-11)17-14(18)16-12-7-3-1-2-4-8-12/h5-6,9-10,12H,1-4,7-8H2,(H2,16,17,18). The van der Waals surface area contributed by atoms with Crippen molar-refractivity contribution in [2.45, 2.75) is 44.6 Å². The van der Waals surface area contributed by atoms with Gasteiger partial charge in [0.15, 0.2) is 5.11 Å². The van der Waals surface area contributed by atoms with Gasteiger partial charge in [-0.25, -0.2) is 0 Å². The van der Waals surface area contributed by atoms with Crippen LogP contribution in [0.2, 0.25) is 0 Å². The smallest absolute Gasteiger partial charge is 0.170 e. The number of benzene rings is 1. The summed E-state index contributed by atoms with van der Waals surface area (Å²) in [4.78, 5) is 0. The maximum atomic E-state index is 5.37. The van der Waals surface area contributed by atoms with Gasteiger partial charge in [-0.15, -0.1) is 0 Å². The number of rotatable bonds is 2. The van der Waals surface area contributed by atoms with Gasteiger partial charge < -0.3 is 10.6 Å². The highest BCUT2D eigenvalue weighted by Gasteiger charge is 2.12. The highest BCUT2D eigenvalue weighted by molar-refractivity contribution is 9.10. The SMILES string of the molecule is S=C(Nc1cccc(Br)c1)NC1CCCCCC1. The molecule has 1 aliphatic rings. The molecule has 1 aliphatic carbocycles. The van der Waals surface area contributed by atoms with Gasteiger partial charge in [0.25, 0.3) is 0 Å². The van der Waals surface area contributed by atoms with Crippen molar-refractivity contribution in [3.63, 3.8) is 0 Å². The minimum Gasteiger partial charge on any atom is -0.360 e. The lowest BCUT2D eigenvalue weighted by Crippen LogP contribution is -2.37. The molecule has 98 valence electrons. The van der Waals surface area contributed by atoms with Crippen LogP contribution in [0.25, 0.3) is 0 Å². The molecular formula is C14H19BrN2S. The summed E-state index contributed by atoms with van der Waals surface area (Å²) in [6, 6.07) is 8.60. The summed E-state index contributed by atoms with van der Waals surface area (Å²) in [6.45, 7) is 0. The van der Waals surface area contributed by atoms with Crippen molar-refractivity contribution in [1.29, 1.82) is 0 Å². The molecule has 0 saturated heterocycles. The molecule has 0 aromatic heterocycles. The summed E-state index contributed by atoms with van der Waals surface area (Å²) >= 11 is 8.82. The van der Waals surface area contributed by atoms with Gasteiger partial charge in [-0.1, -0.05) is 47.7 Å². The molecule has 0 spiro atoms. The van der Waals surface area contributed by atoms with Crippen molar-refractivity contribution in [3.05, 3.63) is 28.7 Å². The number of halogens is 1. The Morgan fingerprint density at radius 2 is 1.89 bits per heavy atom. The zero-order valence-corrected chi connectivity index (χ0v) is 12.8. The Kier molecular flexibility index (Phi) is 5.45. The average Bonchev–Trinajstić information content (AvgIpc) is 2.57. The third-order valence-electron chi connectivity index (χ3n) is 3.27. The summed E-state index contributed by atoms with van der Waals surface area (Å²) in [6.07, 6.45) is 7.84. The minimum absolute atomic E-state index is 0.541. The first-order valence-electron chi connectivity index (χ1n) is 6.57. The second kappa shape index (κ2) is 7.10. The van der Waals surface area contributed by atoms with Gasteiger partial charge in [0, 0.05) is 16.2 Å². The summed E-state index contributed by atoms with van der Waals surface area (Å²) in [5, 5.41) is 7.41. The van der Waals surface area contributed by atoms with Crippen molar-refractivity contribution in [2.75, 3.05) is 5.32 Å². The highest BCUT2D eigenvalue weighted by Crippen LogP contribution is 2.18. The molecule has 0 radical (unpaired) electrons. The lowest BCUT2D eigenvalue weighted by atomic mass is 10.1. The van der Waals surface area contributed by atoms with Crippen molar-refractivity contribution in [2.24, 2.45) is 0 Å². The predicted molar refractivity (Wildman–Crippen MR) is 85.0 cm³/mol. The van der Waals surface area contributed by atoms with E-state index in [0.29, 0.717) is 6.04 Å². The fourth-order valence-corrected chi connectivity index (χ4v) is 3.03. The van der Waals surface area contributed by atoms with Crippen molar-refractivity contribution in [3.8, 4) is 0 Å². The zero-order chi connectivity index (χ0) is 12.8. The third kappa shape index (κ3) is 4.58. The number of nitrogens with one attached hydrogen (secondary N) is 2. The van der Waals surface area contributed by atoms with Gasteiger partial charge in [0.05, 0.1) is 0 Å². The summed E-state index contributed by atoms with van der Waals surface area (Å²) in [5.41, 5.74) is 1.02. The summed E-state index contributed by atoms with van der Waals surface area (Å²) < 4.78 is 1.06. The molecule has 18 heavy (non-hydrogen) atoms. The van der Waals surface area contributed by atoms with Gasteiger partial charge in [-0.05, 0) is 43.3 Å². The van der Waals surface area contributed by atoms with Crippen molar-refractivity contribution < 1.29 is 0 Å². The van der Waals surface area contributed by atoms with E-state index in [1.807, 2.05) is 24.3 Å². The Morgan fingerprint density at radius 3 is 2.56 bits per heavy atom. The highest BCUT2D eigenvalue weighted by atomic mass is 79.9. The first-order valence-corrected chi connectivity index (χ1v) is 7.77. The maximum absolute atomic E-state index is 5.37. The number of anilines is 1. The van der Waals surface area contributed by atoms with E-state index in [2.05, 4.69) is 26.6 Å². The fraction of sp³-hybridized carbons (Fsp3) is 0.500. The van der Waals surface area contributed by atoms with E-state index in [9.17, 15) is 0 Å². The molecule has 1 aromatic rings. The molecule has 0 amide bonds. The van der Waals surface area contributed by atoms with Gasteiger partial charge in [0.2, 0.25) is 0 Å². The first-order chi connectivity index (χ1) is 8.74. The molecular weight excluding hydrogens is 308 g/mol. The van der Waals surface area contributed by atoms with E-state index >= 15 is 0 Å². The van der Waals surface area contributed by atoms with Crippen molar-refractivity contribution in [1.82, 2.24) is 5.32 Å². The Balaban J connectivity index is 1.84. The molecule has 1 aromatic carbocycles. The van der Waals surface area contributed by atoms with Crippen molar-refractivity contribution >= 4 is 38.9 Å². The van der Waals surface area contributed by atoms with Gasteiger partial charge in [-0.3, -0.25) is 0 Å². The normalized spacial score (nSPS) is 16.9. The van der Waals surface area contributed by atoms with Crippen LogP contribution in [0.5, 0.6) is 0 Å². The molecule has 2 rings (SSSR count). The van der Waals surface area contributed by atoms with Crippen LogP contribution < -0.4 is 10.6 Å². The molecule has 0 heterocycles. The van der Waals surface area contributed by atoms with Crippen LogP contribution in [0.4, 0.5) is 5.69 Å². The second-order valence-corrected chi connectivity index (χ2v) is 6.12. The molecule has 0 atom stereocenters. The van der Waals surface area contributed by atoms with Gasteiger partial charge >= 0.3 is 0 Å². The average molecular weight is 327 g/mol. The lowest BCUT2D eigenvalue weighted by molar-refractivity contribution is 0.535. The third-order valence-corrected chi connectivity index (χ3v) is 3.99. The zero-order valence-electron chi connectivity index (χ0n) is 10.4. The topological polar surface area (TPSA) is 24.1 Å². The van der Waals surface area contributed by atoms with E-state index < -0.39 is 0 Å². The van der Waals surface area contributed by atoms with E-state index in [1.165, 1.54) is 38.5 Å². The molecule has 2 N–H and O–H groups in total. The Labute approximate surface area is 123 Å². The maximum Gasteiger partial charge on any atom is 0.170 e.